The topological polar surface area (TPSA) is 60.9 Å². The molecule has 0 saturated carbocycles. The average molecular weight is 365 g/mol. The van der Waals surface area contributed by atoms with Crippen molar-refractivity contribution in [3.63, 3.8) is 0 Å². The van der Waals surface area contributed by atoms with Gasteiger partial charge in [-0.15, -0.1) is 0 Å². The quantitative estimate of drug-likeness (QED) is 0.797. The Labute approximate surface area is 150 Å². The fraction of sp³-hybridized carbons (Fsp3) is 0.611. The highest BCUT2D eigenvalue weighted by molar-refractivity contribution is 7.89. The number of nitrogens with zero attached hydrogens (tertiary/aromatic N) is 3. The van der Waals surface area contributed by atoms with Gasteiger partial charge in [0.1, 0.15) is 0 Å². The molecule has 0 radical (unpaired) electrons. The molecule has 138 valence electrons. The van der Waals surface area contributed by atoms with E-state index in [-0.39, 0.29) is 11.9 Å². The first-order chi connectivity index (χ1) is 11.8. The minimum atomic E-state index is -3.46. The van der Waals surface area contributed by atoms with Gasteiger partial charge >= 0.3 is 0 Å². The molecule has 1 aromatic rings. The summed E-state index contributed by atoms with van der Waals surface area (Å²) in [7, 11) is 0.0289. The maximum absolute atomic E-state index is 12.9. The SMILES string of the molecule is C[C@H](C(=O)N(C)C)N1CCN(S(=O)(=O)c2ccc3c(c2)CCC3)CC1. The lowest BCUT2D eigenvalue weighted by Crippen LogP contribution is -2.54. The molecule has 1 aromatic carbocycles. The van der Waals surface area contributed by atoms with Crippen LogP contribution in [0.15, 0.2) is 23.1 Å². The summed E-state index contributed by atoms with van der Waals surface area (Å²) in [6, 6.07) is 5.33. The predicted octanol–water partition coefficient (Wildman–Crippen LogP) is 0.958. The first-order valence-electron chi connectivity index (χ1n) is 8.88. The van der Waals surface area contributed by atoms with Crippen molar-refractivity contribution in [3.8, 4) is 0 Å². The van der Waals surface area contributed by atoms with Gasteiger partial charge in [0.2, 0.25) is 15.9 Å². The Hall–Kier alpha value is -1.44. The zero-order valence-corrected chi connectivity index (χ0v) is 16.1. The number of benzene rings is 1. The smallest absolute Gasteiger partial charge is 0.243 e. The Balaban J connectivity index is 1.69. The molecule has 1 aliphatic carbocycles. The third kappa shape index (κ3) is 3.59. The first kappa shape index (κ1) is 18.4. The molecular weight excluding hydrogens is 338 g/mol. The van der Waals surface area contributed by atoms with Crippen molar-refractivity contribution in [2.75, 3.05) is 40.3 Å². The number of hydrogen-bond acceptors (Lipinski definition) is 4. The van der Waals surface area contributed by atoms with Crippen LogP contribution in [-0.2, 0) is 27.7 Å². The van der Waals surface area contributed by atoms with Crippen LogP contribution in [0.5, 0.6) is 0 Å². The van der Waals surface area contributed by atoms with Crippen molar-refractivity contribution in [2.24, 2.45) is 0 Å². The molecule has 1 saturated heterocycles. The number of hydrogen-bond donors (Lipinski definition) is 0. The number of amides is 1. The van der Waals surface area contributed by atoms with Crippen molar-refractivity contribution in [3.05, 3.63) is 29.3 Å². The number of piperazine rings is 1. The summed E-state index contributed by atoms with van der Waals surface area (Å²) in [6.07, 6.45) is 3.12. The number of aryl methyl sites for hydroxylation is 2. The summed E-state index contributed by atoms with van der Waals surface area (Å²) in [5.74, 6) is 0.0509. The minimum Gasteiger partial charge on any atom is -0.347 e. The molecule has 7 heteroatoms. The first-order valence-corrected chi connectivity index (χ1v) is 10.3. The van der Waals surface area contributed by atoms with Gasteiger partial charge in [0.05, 0.1) is 10.9 Å². The van der Waals surface area contributed by atoms with Crippen LogP contribution in [0.2, 0.25) is 0 Å². The molecule has 0 N–H and O–H groups in total. The zero-order valence-electron chi connectivity index (χ0n) is 15.2. The second-order valence-corrected chi connectivity index (χ2v) is 9.07. The van der Waals surface area contributed by atoms with Gasteiger partial charge < -0.3 is 4.90 Å². The molecule has 1 amide bonds. The fourth-order valence-corrected chi connectivity index (χ4v) is 5.19. The molecule has 1 atom stereocenters. The van der Waals surface area contributed by atoms with Gasteiger partial charge in [0, 0.05) is 40.3 Å². The summed E-state index contributed by atoms with van der Waals surface area (Å²) in [5, 5.41) is 0. The maximum atomic E-state index is 12.9. The maximum Gasteiger partial charge on any atom is 0.243 e. The largest absolute Gasteiger partial charge is 0.347 e. The van der Waals surface area contributed by atoms with E-state index in [0.29, 0.717) is 31.1 Å². The fourth-order valence-electron chi connectivity index (χ4n) is 3.72. The summed E-state index contributed by atoms with van der Waals surface area (Å²) in [6.45, 7) is 3.87. The highest BCUT2D eigenvalue weighted by Crippen LogP contribution is 2.26. The Bertz CT molecular complexity index is 753. The normalized spacial score (nSPS) is 20.3. The molecule has 6 nitrogen and oxygen atoms in total. The zero-order chi connectivity index (χ0) is 18.2. The molecule has 0 bridgehead atoms. The predicted molar refractivity (Wildman–Crippen MR) is 97.0 cm³/mol. The van der Waals surface area contributed by atoms with Gasteiger partial charge in [-0.2, -0.15) is 4.31 Å². The molecule has 1 fully saturated rings. The van der Waals surface area contributed by atoms with E-state index in [0.717, 1.165) is 19.3 Å². The van der Waals surface area contributed by atoms with Crippen molar-refractivity contribution < 1.29 is 13.2 Å². The van der Waals surface area contributed by atoms with E-state index < -0.39 is 10.0 Å². The molecule has 25 heavy (non-hydrogen) atoms. The Morgan fingerprint density at radius 3 is 2.36 bits per heavy atom. The lowest BCUT2D eigenvalue weighted by molar-refractivity contribution is -0.134. The van der Waals surface area contributed by atoms with Crippen LogP contribution in [0.4, 0.5) is 0 Å². The van der Waals surface area contributed by atoms with E-state index in [2.05, 4.69) is 4.90 Å². The van der Waals surface area contributed by atoms with Gasteiger partial charge in [-0.3, -0.25) is 9.69 Å². The number of rotatable bonds is 4. The minimum absolute atomic E-state index is 0.0509. The van der Waals surface area contributed by atoms with Gasteiger partial charge in [0.25, 0.3) is 0 Å². The Morgan fingerprint density at radius 1 is 1.08 bits per heavy atom. The van der Waals surface area contributed by atoms with Gasteiger partial charge in [-0.05, 0) is 49.4 Å². The highest BCUT2D eigenvalue weighted by atomic mass is 32.2. The standard InChI is InChI=1S/C18H27N3O3S/c1-14(18(22)19(2)3)20-9-11-21(12-10-20)25(23,24)17-8-7-15-5-4-6-16(15)13-17/h7-8,13-14H,4-6,9-12H2,1-3H3/t14-/m1/s1. The monoisotopic (exact) mass is 365 g/mol. The lowest BCUT2D eigenvalue weighted by atomic mass is 10.1. The second kappa shape index (κ2) is 7.05. The summed E-state index contributed by atoms with van der Waals surface area (Å²) < 4.78 is 27.4. The molecule has 0 unspecified atom stereocenters. The van der Waals surface area contributed by atoms with Crippen LogP contribution < -0.4 is 0 Å². The van der Waals surface area contributed by atoms with Crippen molar-refractivity contribution in [2.45, 2.75) is 37.1 Å². The van der Waals surface area contributed by atoms with E-state index in [4.69, 9.17) is 0 Å². The molecule has 0 spiro atoms. The van der Waals surface area contributed by atoms with Crippen LogP contribution in [0.25, 0.3) is 0 Å². The van der Waals surface area contributed by atoms with Crippen LogP contribution in [-0.4, -0.2) is 74.7 Å². The average Bonchev–Trinajstić information content (AvgIpc) is 3.08. The van der Waals surface area contributed by atoms with Crippen LogP contribution in [0.1, 0.15) is 24.5 Å². The molecule has 3 rings (SSSR count). The molecule has 2 aliphatic rings. The number of carbonyl (C=O) groups is 1. The van der Waals surface area contributed by atoms with Crippen LogP contribution in [0.3, 0.4) is 0 Å². The van der Waals surface area contributed by atoms with Gasteiger partial charge in [0.15, 0.2) is 0 Å². The van der Waals surface area contributed by atoms with Crippen LogP contribution in [0, 0.1) is 0 Å². The van der Waals surface area contributed by atoms with Crippen LogP contribution >= 0.6 is 0 Å². The molecule has 1 heterocycles. The van der Waals surface area contributed by atoms with Crippen molar-refractivity contribution in [1.82, 2.24) is 14.1 Å². The van der Waals surface area contributed by atoms with E-state index in [9.17, 15) is 13.2 Å². The highest BCUT2D eigenvalue weighted by Gasteiger charge is 2.32. The third-order valence-electron chi connectivity index (χ3n) is 5.33. The summed E-state index contributed by atoms with van der Waals surface area (Å²) in [5.41, 5.74) is 2.45. The summed E-state index contributed by atoms with van der Waals surface area (Å²) in [4.78, 5) is 16.1. The number of sulfonamides is 1. The third-order valence-corrected chi connectivity index (χ3v) is 7.22. The van der Waals surface area contributed by atoms with E-state index in [1.807, 2.05) is 19.1 Å². The van der Waals surface area contributed by atoms with E-state index in [1.165, 1.54) is 11.1 Å². The van der Waals surface area contributed by atoms with Crippen molar-refractivity contribution in [1.29, 1.82) is 0 Å². The van der Waals surface area contributed by atoms with E-state index >= 15 is 0 Å². The molecule has 0 aromatic heterocycles. The molecule has 1 aliphatic heterocycles. The Kier molecular flexibility index (Phi) is 5.18. The lowest BCUT2D eigenvalue weighted by Gasteiger charge is -2.37. The number of likely N-dealkylation sites (N-methyl/N-ethyl adjacent to an activating group) is 1. The Morgan fingerprint density at radius 2 is 1.72 bits per heavy atom. The van der Waals surface area contributed by atoms with Gasteiger partial charge in [-0.25, -0.2) is 8.42 Å². The van der Waals surface area contributed by atoms with Gasteiger partial charge in [-0.1, -0.05) is 6.07 Å². The van der Waals surface area contributed by atoms with Crippen molar-refractivity contribution >= 4 is 15.9 Å². The summed E-state index contributed by atoms with van der Waals surface area (Å²) >= 11 is 0. The number of fused-ring (bicyclic) bond motifs is 1. The second-order valence-electron chi connectivity index (χ2n) is 7.13. The molecular formula is C18H27N3O3S. The van der Waals surface area contributed by atoms with E-state index in [1.54, 1.807) is 29.4 Å². The number of carbonyl (C=O) groups excluding carboxylic acids is 1.